The van der Waals surface area contributed by atoms with Crippen LogP contribution in [0.1, 0.15) is 24.2 Å². The van der Waals surface area contributed by atoms with Crippen LogP contribution in [0.5, 0.6) is 0 Å². The third kappa shape index (κ3) is 5.43. The lowest BCUT2D eigenvalue weighted by Gasteiger charge is -2.19. The molecule has 8 heteroatoms. The van der Waals surface area contributed by atoms with E-state index in [1.807, 2.05) is 13.8 Å². The number of ether oxygens (including phenoxy) is 1. The molecule has 0 aliphatic carbocycles. The Labute approximate surface area is 165 Å². The molecular weight excluding hydrogens is 396 g/mol. The van der Waals surface area contributed by atoms with Gasteiger partial charge in [0.25, 0.3) is 5.91 Å². The van der Waals surface area contributed by atoms with Crippen LogP contribution < -0.4 is 5.32 Å². The van der Waals surface area contributed by atoms with E-state index in [4.69, 9.17) is 16.3 Å². The first-order valence-electron chi connectivity index (χ1n) is 8.03. The second kappa shape index (κ2) is 9.19. The molecule has 0 spiro atoms. The number of esters is 1. The van der Waals surface area contributed by atoms with Crippen LogP contribution in [0.4, 0.5) is 14.5 Å². The van der Waals surface area contributed by atoms with E-state index in [2.05, 4.69) is 5.32 Å². The Morgan fingerprint density at radius 3 is 2.48 bits per heavy atom. The SMILES string of the molecule is COC(=O)C(Sc1cc(NC(=O)c2cccc(F)c2)c(F)cc1Cl)C(C)C. The minimum Gasteiger partial charge on any atom is -0.468 e. The molecule has 0 radical (unpaired) electrons. The molecular formula is C19H18ClF2NO3S. The number of halogens is 3. The van der Waals surface area contributed by atoms with Gasteiger partial charge >= 0.3 is 5.97 Å². The summed E-state index contributed by atoms with van der Waals surface area (Å²) in [6, 6.07) is 7.44. The monoisotopic (exact) mass is 413 g/mol. The lowest BCUT2D eigenvalue weighted by Crippen LogP contribution is -2.24. The molecule has 1 unspecified atom stereocenters. The van der Waals surface area contributed by atoms with Gasteiger partial charge in [0.15, 0.2) is 0 Å². The van der Waals surface area contributed by atoms with Gasteiger partial charge < -0.3 is 10.1 Å². The minimum absolute atomic E-state index is 0.0492. The normalized spacial score (nSPS) is 12.0. The molecule has 1 N–H and O–H groups in total. The van der Waals surface area contributed by atoms with Crippen molar-refractivity contribution in [2.24, 2.45) is 5.92 Å². The maximum absolute atomic E-state index is 14.2. The van der Waals surface area contributed by atoms with Crippen molar-refractivity contribution in [3.05, 3.63) is 58.6 Å². The minimum atomic E-state index is -0.742. The quantitative estimate of drug-likeness (QED) is 0.525. The Hall–Kier alpha value is -2.12. The number of nitrogens with one attached hydrogen (secondary N) is 1. The molecule has 0 heterocycles. The highest BCUT2D eigenvalue weighted by atomic mass is 35.5. The number of carbonyl (C=O) groups excluding carboxylic acids is 2. The maximum Gasteiger partial charge on any atom is 0.319 e. The molecule has 144 valence electrons. The fourth-order valence-electron chi connectivity index (χ4n) is 2.25. The first-order chi connectivity index (χ1) is 12.7. The molecule has 27 heavy (non-hydrogen) atoms. The molecule has 2 aromatic carbocycles. The summed E-state index contributed by atoms with van der Waals surface area (Å²) in [5, 5.41) is 1.95. The van der Waals surface area contributed by atoms with Crippen molar-refractivity contribution in [2.75, 3.05) is 12.4 Å². The van der Waals surface area contributed by atoms with Crippen LogP contribution in [0.2, 0.25) is 5.02 Å². The summed E-state index contributed by atoms with van der Waals surface area (Å²) in [6.07, 6.45) is 0. The van der Waals surface area contributed by atoms with Crippen LogP contribution in [0.3, 0.4) is 0 Å². The van der Waals surface area contributed by atoms with Crippen LogP contribution in [-0.2, 0) is 9.53 Å². The Balaban J connectivity index is 2.29. The summed E-state index contributed by atoms with van der Waals surface area (Å²) in [6.45, 7) is 3.69. The second-order valence-electron chi connectivity index (χ2n) is 6.03. The molecule has 2 rings (SSSR count). The van der Waals surface area contributed by atoms with Crippen molar-refractivity contribution in [2.45, 2.75) is 24.0 Å². The van der Waals surface area contributed by atoms with E-state index in [0.717, 1.165) is 23.9 Å². The predicted molar refractivity (Wildman–Crippen MR) is 102 cm³/mol. The molecule has 0 bridgehead atoms. The molecule has 0 aliphatic rings. The first kappa shape index (κ1) is 21.2. The van der Waals surface area contributed by atoms with E-state index in [0.29, 0.717) is 4.90 Å². The van der Waals surface area contributed by atoms with Gasteiger partial charge in [-0.15, -0.1) is 11.8 Å². The second-order valence-corrected chi connectivity index (χ2v) is 7.62. The van der Waals surface area contributed by atoms with E-state index >= 15 is 0 Å². The smallest absolute Gasteiger partial charge is 0.319 e. The number of amides is 1. The Morgan fingerprint density at radius 1 is 1.19 bits per heavy atom. The van der Waals surface area contributed by atoms with Crippen LogP contribution in [0.25, 0.3) is 0 Å². The van der Waals surface area contributed by atoms with Gasteiger partial charge in [0.05, 0.1) is 17.8 Å². The zero-order valence-electron chi connectivity index (χ0n) is 14.9. The average molecular weight is 414 g/mol. The number of anilines is 1. The topological polar surface area (TPSA) is 55.4 Å². The van der Waals surface area contributed by atoms with E-state index < -0.39 is 28.8 Å². The molecule has 0 saturated carbocycles. The molecule has 0 saturated heterocycles. The summed E-state index contributed by atoms with van der Waals surface area (Å²) in [4.78, 5) is 24.6. The summed E-state index contributed by atoms with van der Waals surface area (Å²) in [5.41, 5.74) is -0.0725. The average Bonchev–Trinajstić information content (AvgIpc) is 2.61. The molecule has 2 aromatic rings. The lowest BCUT2D eigenvalue weighted by molar-refractivity contribution is -0.140. The van der Waals surface area contributed by atoms with Gasteiger partial charge in [-0.2, -0.15) is 0 Å². The van der Waals surface area contributed by atoms with E-state index in [1.54, 1.807) is 0 Å². The lowest BCUT2D eigenvalue weighted by atomic mass is 10.1. The number of hydrogen-bond donors (Lipinski definition) is 1. The van der Waals surface area contributed by atoms with Crippen LogP contribution >= 0.6 is 23.4 Å². The van der Waals surface area contributed by atoms with Crippen LogP contribution in [0.15, 0.2) is 41.3 Å². The van der Waals surface area contributed by atoms with Crippen molar-refractivity contribution in [3.8, 4) is 0 Å². The van der Waals surface area contributed by atoms with Crippen molar-refractivity contribution >= 4 is 40.9 Å². The predicted octanol–water partition coefficient (Wildman–Crippen LogP) is 5.16. The van der Waals surface area contributed by atoms with Crippen LogP contribution in [-0.4, -0.2) is 24.2 Å². The Bertz CT molecular complexity index is 861. The number of methoxy groups -OCH3 is 1. The Morgan fingerprint density at radius 2 is 1.89 bits per heavy atom. The molecule has 1 amide bonds. The van der Waals surface area contributed by atoms with Crippen LogP contribution in [0, 0.1) is 17.6 Å². The standard InChI is InChI=1S/C19H18ClF2NO3S/c1-10(2)17(19(25)26-3)27-16-9-15(14(22)8-13(16)20)23-18(24)11-5-4-6-12(21)7-11/h4-10,17H,1-3H3,(H,23,24). The fourth-order valence-corrected chi connectivity index (χ4v) is 3.63. The summed E-state index contributed by atoms with van der Waals surface area (Å²) >= 11 is 7.22. The molecule has 0 aliphatic heterocycles. The summed E-state index contributed by atoms with van der Waals surface area (Å²) < 4.78 is 32.3. The molecule has 4 nitrogen and oxygen atoms in total. The van der Waals surface area contributed by atoms with Gasteiger partial charge in [-0.3, -0.25) is 9.59 Å². The largest absolute Gasteiger partial charge is 0.468 e. The number of benzene rings is 2. The number of rotatable bonds is 6. The van der Waals surface area contributed by atoms with E-state index in [-0.39, 0.29) is 22.2 Å². The third-order valence-corrected chi connectivity index (χ3v) is 5.66. The molecule has 0 fully saturated rings. The van der Waals surface area contributed by atoms with Crippen molar-refractivity contribution in [1.29, 1.82) is 0 Å². The maximum atomic E-state index is 14.2. The van der Waals surface area contributed by atoms with Crippen molar-refractivity contribution in [3.63, 3.8) is 0 Å². The van der Waals surface area contributed by atoms with Crippen molar-refractivity contribution < 1.29 is 23.1 Å². The zero-order valence-corrected chi connectivity index (χ0v) is 16.5. The van der Waals surface area contributed by atoms with Gasteiger partial charge in [0.2, 0.25) is 0 Å². The summed E-state index contributed by atoms with van der Waals surface area (Å²) in [7, 11) is 1.29. The van der Waals surface area contributed by atoms with Gasteiger partial charge in [-0.25, -0.2) is 8.78 Å². The number of hydrogen-bond acceptors (Lipinski definition) is 4. The number of thioether (sulfide) groups is 1. The van der Waals surface area contributed by atoms with Gasteiger partial charge in [0, 0.05) is 10.5 Å². The van der Waals surface area contributed by atoms with E-state index in [9.17, 15) is 18.4 Å². The summed E-state index contributed by atoms with van der Waals surface area (Å²) in [5.74, 6) is -2.48. The van der Waals surface area contributed by atoms with Gasteiger partial charge in [-0.05, 0) is 36.2 Å². The fraction of sp³-hybridized carbons (Fsp3) is 0.263. The van der Waals surface area contributed by atoms with Gasteiger partial charge in [-0.1, -0.05) is 31.5 Å². The van der Waals surface area contributed by atoms with Crippen molar-refractivity contribution in [1.82, 2.24) is 0 Å². The van der Waals surface area contributed by atoms with E-state index in [1.165, 1.54) is 31.4 Å². The highest BCUT2D eigenvalue weighted by Gasteiger charge is 2.26. The molecule has 0 aromatic heterocycles. The first-order valence-corrected chi connectivity index (χ1v) is 9.29. The highest BCUT2D eigenvalue weighted by Crippen LogP contribution is 2.37. The zero-order chi connectivity index (χ0) is 20.1. The Kier molecular flexibility index (Phi) is 7.21. The highest BCUT2D eigenvalue weighted by molar-refractivity contribution is 8.00. The molecule has 1 atom stereocenters. The third-order valence-electron chi connectivity index (χ3n) is 3.65. The number of carbonyl (C=O) groups is 2. The van der Waals surface area contributed by atoms with Gasteiger partial charge in [0.1, 0.15) is 16.9 Å².